The van der Waals surface area contributed by atoms with Crippen LogP contribution in [0.4, 0.5) is 0 Å². The van der Waals surface area contributed by atoms with Gasteiger partial charge in [-0.25, -0.2) is 0 Å². The summed E-state index contributed by atoms with van der Waals surface area (Å²) in [6.07, 6.45) is -1.25. The molecule has 0 aromatic heterocycles. The first-order valence-electron chi connectivity index (χ1n) is 2.25. The molecule has 0 bridgehead atoms. The van der Waals surface area contributed by atoms with Gasteiger partial charge in [0, 0.05) is 0 Å². The Morgan fingerprint density at radius 3 is 1.38 bits per heavy atom. The van der Waals surface area contributed by atoms with Crippen molar-refractivity contribution in [3.63, 3.8) is 0 Å². The summed E-state index contributed by atoms with van der Waals surface area (Å²) in [5, 5.41) is 19.3. The van der Waals surface area contributed by atoms with Crippen molar-refractivity contribution in [2.75, 3.05) is 0 Å². The second kappa shape index (κ2) is 6.63. The zero-order valence-electron chi connectivity index (χ0n) is 4.55. The molecule has 3 N–H and O–H groups in total. The zero-order chi connectivity index (χ0) is 5.86. The molecule has 0 rings (SSSR count). The monoisotopic (exact) mass is 145 g/mol. The molecule has 0 spiro atoms. The van der Waals surface area contributed by atoms with E-state index in [1.807, 2.05) is 0 Å². The summed E-state index contributed by atoms with van der Waals surface area (Å²) in [6.45, 7) is 3.10. The molecule has 0 aromatic carbocycles. The minimum absolute atomic E-state index is 0. The van der Waals surface area contributed by atoms with Gasteiger partial charge in [-0.05, 0) is 13.8 Å². The van der Waals surface area contributed by atoms with E-state index in [0.717, 1.165) is 0 Å². The van der Waals surface area contributed by atoms with E-state index in [0.29, 0.717) is 0 Å². The van der Waals surface area contributed by atoms with Gasteiger partial charge in [-0.15, -0.1) is 0 Å². The van der Waals surface area contributed by atoms with Crippen molar-refractivity contribution in [2.24, 2.45) is 0 Å². The van der Waals surface area contributed by atoms with Gasteiger partial charge < -0.3 is 10.2 Å². The van der Waals surface area contributed by atoms with E-state index in [2.05, 4.69) is 5.32 Å². The van der Waals surface area contributed by atoms with Crippen LogP contribution >= 0.6 is 0 Å². The molecule has 8 heavy (non-hydrogen) atoms. The van der Waals surface area contributed by atoms with Crippen LogP contribution in [0.1, 0.15) is 13.8 Å². The molecule has 0 saturated carbocycles. The third kappa shape index (κ3) is 10.5. The van der Waals surface area contributed by atoms with Gasteiger partial charge in [-0.1, -0.05) is 0 Å². The number of hydrogen-bond donors (Lipinski definition) is 3. The molecule has 0 radical (unpaired) electrons. The summed E-state index contributed by atoms with van der Waals surface area (Å²) >= 11 is 0. The van der Waals surface area contributed by atoms with Gasteiger partial charge in [0.15, 0.2) is 0 Å². The third-order valence-corrected chi connectivity index (χ3v) is 0.482. The van der Waals surface area contributed by atoms with E-state index in [9.17, 15) is 0 Å². The predicted molar refractivity (Wildman–Crippen MR) is 33.6 cm³/mol. The molecule has 2 unspecified atom stereocenters. The fourth-order valence-electron chi connectivity index (χ4n) is 0.349. The van der Waals surface area contributed by atoms with Crippen LogP contribution in [0, 0.1) is 0 Å². The predicted octanol–water partition coefficient (Wildman–Crippen LogP) is -1.40. The van der Waals surface area contributed by atoms with Crippen molar-refractivity contribution in [3.05, 3.63) is 0 Å². The van der Waals surface area contributed by atoms with Crippen LogP contribution < -0.4 is 5.32 Å². The first-order valence-corrected chi connectivity index (χ1v) is 2.25. The molecule has 0 aromatic rings. The SMILES string of the molecule is CC(O)NC(C)O.[KH]. The van der Waals surface area contributed by atoms with Gasteiger partial charge in [0.2, 0.25) is 0 Å². The van der Waals surface area contributed by atoms with Crippen LogP contribution in [0.5, 0.6) is 0 Å². The molecule has 0 aliphatic heterocycles. The number of aliphatic hydroxyl groups is 2. The molecule has 0 saturated heterocycles. The van der Waals surface area contributed by atoms with E-state index >= 15 is 0 Å². The summed E-state index contributed by atoms with van der Waals surface area (Å²) in [6, 6.07) is 0. The Balaban J connectivity index is 0. The second-order valence-corrected chi connectivity index (χ2v) is 1.52. The fourth-order valence-corrected chi connectivity index (χ4v) is 0.349. The van der Waals surface area contributed by atoms with Crippen molar-refractivity contribution < 1.29 is 10.2 Å². The van der Waals surface area contributed by atoms with Crippen molar-refractivity contribution >= 4 is 51.4 Å². The van der Waals surface area contributed by atoms with E-state index in [4.69, 9.17) is 10.2 Å². The second-order valence-electron chi connectivity index (χ2n) is 1.52. The molecule has 46 valence electrons. The summed E-state index contributed by atoms with van der Waals surface area (Å²) < 4.78 is 0. The van der Waals surface area contributed by atoms with Gasteiger partial charge in [-0.2, -0.15) is 0 Å². The Bertz CT molecular complexity index is 43.3. The average Bonchev–Trinajstić information content (AvgIpc) is 1.27. The van der Waals surface area contributed by atoms with Crippen LogP contribution in [-0.4, -0.2) is 74.1 Å². The van der Waals surface area contributed by atoms with E-state index < -0.39 is 12.5 Å². The first kappa shape index (κ1) is 12.2. The Morgan fingerprint density at radius 2 is 1.38 bits per heavy atom. The van der Waals surface area contributed by atoms with Crippen molar-refractivity contribution in [2.45, 2.75) is 26.3 Å². The van der Waals surface area contributed by atoms with Gasteiger partial charge >= 0.3 is 51.4 Å². The molecule has 0 amide bonds. The van der Waals surface area contributed by atoms with Crippen LogP contribution in [0.15, 0.2) is 0 Å². The zero-order valence-corrected chi connectivity index (χ0v) is 4.55. The summed E-state index contributed by atoms with van der Waals surface area (Å²) in [5.74, 6) is 0. The Morgan fingerprint density at radius 1 is 1.12 bits per heavy atom. The number of aliphatic hydroxyl groups excluding tert-OH is 2. The van der Waals surface area contributed by atoms with Crippen molar-refractivity contribution in [1.82, 2.24) is 5.32 Å². The van der Waals surface area contributed by atoms with E-state index in [-0.39, 0.29) is 51.4 Å². The molecular formula is C4H12KNO2. The molecular weight excluding hydrogens is 133 g/mol. The number of nitrogens with one attached hydrogen (secondary N) is 1. The molecule has 2 atom stereocenters. The standard InChI is InChI=1S/C4H11NO2.K.H/c1-3(6)5-4(2)7;;/h3-7H,1-2H3;;. The van der Waals surface area contributed by atoms with Gasteiger partial charge in [0.05, 0.1) is 0 Å². The fraction of sp³-hybridized carbons (Fsp3) is 1.00. The normalized spacial score (nSPS) is 16.5. The third-order valence-electron chi connectivity index (χ3n) is 0.482. The molecule has 0 heterocycles. The number of hydrogen-bond acceptors (Lipinski definition) is 3. The van der Waals surface area contributed by atoms with Crippen molar-refractivity contribution in [1.29, 1.82) is 0 Å². The summed E-state index contributed by atoms with van der Waals surface area (Å²) in [7, 11) is 0. The quantitative estimate of drug-likeness (QED) is 0.331. The minimum atomic E-state index is -0.625. The van der Waals surface area contributed by atoms with Crippen LogP contribution in [0.3, 0.4) is 0 Å². The maximum atomic E-state index is 8.45. The average molecular weight is 145 g/mol. The topological polar surface area (TPSA) is 52.5 Å². The van der Waals surface area contributed by atoms with Gasteiger partial charge in [-0.3, -0.25) is 5.32 Å². The maximum absolute atomic E-state index is 8.45. The van der Waals surface area contributed by atoms with Gasteiger partial charge in [0.1, 0.15) is 12.5 Å². The van der Waals surface area contributed by atoms with Crippen molar-refractivity contribution in [3.8, 4) is 0 Å². The molecule has 0 aliphatic carbocycles. The molecule has 4 heteroatoms. The number of rotatable bonds is 2. The Kier molecular flexibility index (Phi) is 10.1. The first-order chi connectivity index (χ1) is 3.13. The molecule has 0 aliphatic rings. The summed E-state index contributed by atoms with van der Waals surface area (Å²) in [4.78, 5) is 0. The van der Waals surface area contributed by atoms with E-state index in [1.165, 1.54) is 0 Å². The van der Waals surface area contributed by atoms with Gasteiger partial charge in [0.25, 0.3) is 0 Å². The van der Waals surface area contributed by atoms with Crippen LogP contribution in [0.2, 0.25) is 0 Å². The Labute approximate surface area is 91.9 Å². The Hall–Kier alpha value is 1.52. The van der Waals surface area contributed by atoms with Crippen LogP contribution in [0.25, 0.3) is 0 Å². The molecule has 3 nitrogen and oxygen atoms in total. The van der Waals surface area contributed by atoms with Crippen LogP contribution in [-0.2, 0) is 0 Å². The molecule has 0 fully saturated rings. The van der Waals surface area contributed by atoms with E-state index in [1.54, 1.807) is 13.8 Å². The summed E-state index contributed by atoms with van der Waals surface area (Å²) in [5.41, 5.74) is 0.